The van der Waals surface area contributed by atoms with Gasteiger partial charge in [0.15, 0.2) is 0 Å². The lowest BCUT2D eigenvalue weighted by atomic mass is 10.1. The summed E-state index contributed by atoms with van der Waals surface area (Å²) in [6, 6.07) is 4.04. The van der Waals surface area contributed by atoms with Crippen molar-refractivity contribution < 1.29 is 0 Å². The molecule has 3 nitrogen and oxygen atoms in total. The summed E-state index contributed by atoms with van der Waals surface area (Å²) < 4.78 is 0. The molecule has 0 spiro atoms. The number of hydrogen-bond donors (Lipinski definition) is 3. The van der Waals surface area contributed by atoms with E-state index in [1.807, 2.05) is 24.6 Å². The summed E-state index contributed by atoms with van der Waals surface area (Å²) >= 11 is 3.22. The van der Waals surface area contributed by atoms with Crippen LogP contribution in [0.3, 0.4) is 0 Å². The number of rotatable bonds is 2. The molecule has 1 aromatic carbocycles. The van der Waals surface area contributed by atoms with Gasteiger partial charge in [-0.3, -0.25) is 10.8 Å². The molecule has 0 amide bonds. The third-order valence-electron chi connectivity index (χ3n) is 2.32. The van der Waals surface area contributed by atoms with Gasteiger partial charge in [-0.2, -0.15) is 0 Å². The summed E-state index contributed by atoms with van der Waals surface area (Å²) in [6.07, 6.45) is 3.98. The van der Waals surface area contributed by atoms with Gasteiger partial charge in [0.25, 0.3) is 0 Å². The fourth-order valence-electron chi connectivity index (χ4n) is 1.65. The molecule has 1 aliphatic heterocycles. The zero-order valence-electron chi connectivity index (χ0n) is 8.47. The topological polar surface area (TPSA) is 59.7 Å². The van der Waals surface area contributed by atoms with Crippen LogP contribution >= 0.6 is 23.5 Å². The maximum Gasteiger partial charge on any atom is 0.132 e. The van der Waals surface area contributed by atoms with E-state index < -0.39 is 0 Å². The van der Waals surface area contributed by atoms with Crippen molar-refractivity contribution in [3.8, 4) is 0 Å². The largest absolute Gasteiger partial charge is 0.325 e. The molecule has 3 N–H and O–H groups in total. The Bertz CT molecular complexity index is 413. The Hall–Kier alpha value is -0.940. The highest BCUT2D eigenvalue weighted by Gasteiger charge is 2.26. The number of fused-ring (bicyclic) bond motifs is 1. The minimum absolute atomic E-state index is 0.343. The van der Waals surface area contributed by atoms with Crippen molar-refractivity contribution in [3.05, 3.63) is 23.3 Å². The smallest absolute Gasteiger partial charge is 0.132 e. The van der Waals surface area contributed by atoms with Crippen molar-refractivity contribution in [1.29, 1.82) is 10.8 Å². The first-order valence-corrected chi connectivity index (χ1v) is 6.83. The normalized spacial score (nSPS) is 14.0. The van der Waals surface area contributed by atoms with Gasteiger partial charge in [-0.1, -0.05) is 0 Å². The quantitative estimate of drug-likeness (QED) is 0.692. The van der Waals surface area contributed by atoms with Crippen molar-refractivity contribution in [2.24, 2.45) is 0 Å². The summed E-state index contributed by atoms with van der Waals surface area (Å²) in [5.74, 6) is 0.686. The van der Waals surface area contributed by atoms with Gasteiger partial charge in [0.05, 0.1) is 0 Å². The Labute approximate surface area is 97.1 Å². The predicted octanol–water partition coefficient (Wildman–Crippen LogP) is 2.38. The van der Waals surface area contributed by atoms with E-state index in [0.29, 0.717) is 11.7 Å². The molecule has 0 aromatic heterocycles. The van der Waals surface area contributed by atoms with Crippen LogP contribution in [0.1, 0.15) is 11.1 Å². The highest BCUT2D eigenvalue weighted by atomic mass is 32.2. The lowest BCUT2D eigenvalue weighted by Crippen LogP contribution is -2.20. The van der Waals surface area contributed by atoms with Crippen molar-refractivity contribution in [2.45, 2.75) is 9.79 Å². The zero-order chi connectivity index (χ0) is 11.0. The van der Waals surface area contributed by atoms with Gasteiger partial charge >= 0.3 is 0 Å². The molecular weight excluding hydrogens is 226 g/mol. The van der Waals surface area contributed by atoms with Crippen LogP contribution in [0.15, 0.2) is 21.9 Å². The van der Waals surface area contributed by atoms with Crippen LogP contribution in [0.4, 0.5) is 0 Å². The minimum Gasteiger partial charge on any atom is -0.325 e. The van der Waals surface area contributed by atoms with Crippen LogP contribution in [-0.2, 0) is 0 Å². The van der Waals surface area contributed by atoms with Crippen LogP contribution in [-0.4, -0.2) is 24.2 Å². The van der Waals surface area contributed by atoms with Gasteiger partial charge < -0.3 is 5.32 Å². The standard InChI is InChI=1S/C10H11N3S2/c1-14-5-3-4-6(15-2)8-7(5)9(11)13-10(8)12/h3-4H,1-2H3,(H3,11,12,13). The Morgan fingerprint density at radius 3 is 1.67 bits per heavy atom. The van der Waals surface area contributed by atoms with Crippen LogP contribution < -0.4 is 5.32 Å². The number of hydrogen-bond acceptors (Lipinski definition) is 4. The molecular formula is C10H11N3S2. The number of amidine groups is 2. The summed E-state index contributed by atoms with van der Waals surface area (Å²) in [6.45, 7) is 0. The van der Waals surface area contributed by atoms with Gasteiger partial charge in [0.2, 0.25) is 0 Å². The number of thioether (sulfide) groups is 2. The van der Waals surface area contributed by atoms with Crippen molar-refractivity contribution in [3.63, 3.8) is 0 Å². The molecule has 0 unspecified atom stereocenters. The SMILES string of the molecule is CSc1ccc(SC)c2c1C(=N)NC2=N. The zero-order valence-corrected chi connectivity index (χ0v) is 10.1. The van der Waals surface area contributed by atoms with Gasteiger partial charge in [-0.15, -0.1) is 23.5 Å². The van der Waals surface area contributed by atoms with Crippen LogP contribution in [0.2, 0.25) is 0 Å². The van der Waals surface area contributed by atoms with E-state index in [4.69, 9.17) is 10.8 Å². The van der Waals surface area contributed by atoms with Crippen LogP contribution in [0, 0.1) is 10.8 Å². The molecule has 0 fully saturated rings. The highest BCUT2D eigenvalue weighted by Crippen LogP contribution is 2.33. The minimum atomic E-state index is 0.343. The molecule has 0 atom stereocenters. The second kappa shape index (κ2) is 3.90. The predicted molar refractivity (Wildman–Crippen MR) is 66.8 cm³/mol. The van der Waals surface area contributed by atoms with E-state index in [2.05, 4.69) is 5.32 Å². The maximum absolute atomic E-state index is 7.80. The van der Waals surface area contributed by atoms with Crippen molar-refractivity contribution >= 4 is 35.2 Å². The van der Waals surface area contributed by atoms with Gasteiger partial charge in [0, 0.05) is 20.9 Å². The molecule has 5 heteroatoms. The summed E-state index contributed by atoms with van der Waals surface area (Å²) in [5.41, 5.74) is 1.75. The molecule has 15 heavy (non-hydrogen) atoms. The average Bonchev–Trinajstić information content (AvgIpc) is 2.54. The molecule has 0 aliphatic carbocycles. The monoisotopic (exact) mass is 237 g/mol. The van der Waals surface area contributed by atoms with E-state index in [9.17, 15) is 0 Å². The van der Waals surface area contributed by atoms with E-state index in [1.54, 1.807) is 23.5 Å². The second-order valence-corrected chi connectivity index (χ2v) is 4.79. The Morgan fingerprint density at radius 2 is 1.33 bits per heavy atom. The molecule has 0 bridgehead atoms. The molecule has 0 radical (unpaired) electrons. The highest BCUT2D eigenvalue weighted by molar-refractivity contribution is 7.99. The van der Waals surface area contributed by atoms with E-state index in [1.165, 1.54) is 0 Å². The molecule has 0 saturated heterocycles. The van der Waals surface area contributed by atoms with E-state index >= 15 is 0 Å². The van der Waals surface area contributed by atoms with E-state index in [0.717, 1.165) is 20.9 Å². The molecule has 78 valence electrons. The molecule has 1 aromatic rings. The fourth-order valence-corrected chi connectivity index (χ4v) is 2.88. The Kier molecular flexibility index (Phi) is 2.75. The third kappa shape index (κ3) is 1.55. The molecule has 2 rings (SSSR count). The Morgan fingerprint density at radius 1 is 0.933 bits per heavy atom. The van der Waals surface area contributed by atoms with E-state index in [-0.39, 0.29) is 0 Å². The maximum atomic E-state index is 7.80. The summed E-state index contributed by atoms with van der Waals surface area (Å²) in [7, 11) is 0. The molecule has 1 aliphatic rings. The first-order valence-electron chi connectivity index (χ1n) is 4.39. The average molecular weight is 237 g/mol. The van der Waals surface area contributed by atoms with Gasteiger partial charge in [0.1, 0.15) is 11.7 Å². The summed E-state index contributed by atoms with van der Waals surface area (Å²) in [5, 5.41) is 18.4. The van der Waals surface area contributed by atoms with Crippen molar-refractivity contribution in [1.82, 2.24) is 5.32 Å². The first kappa shape index (κ1) is 10.6. The fraction of sp³-hybridized carbons (Fsp3) is 0.200. The number of nitrogens with one attached hydrogen (secondary N) is 3. The van der Waals surface area contributed by atoms with Gasteiger partial charge in [-0.25, -0.2) is 0 Å². The molecule has 0 saturated carbocycles. The van der Waals surface area contributed by atoms with Crippen LogP contribution in [0.25, 0.3) is 0 Å². The summed E-state index contributed by atoms with van der Waals surface area (Å²) in [4.78, 5) is 2.12. The lowest BCUT2D eigenvalue weighted by molar-refractivity contribution is 1.28. The third-order valence-corrected chi connectivity index (χ3v) is 3.88. The van der Waals surface area contributed by atoms with Crippen LogP contribution in [0.5, 0.6) is 0 Å². The lowest BCUT2D eigenvalue weighted by Gasteiger charge is -2.07. The van der Waals surface area contributed by atoms with Crippen molar-refractivity contribution in [2.75, 3.05) is 12.5 Å². The Balaban J connectivity index is 2.72. The second-order valence-electron chi connectivity index (χ2n) is 3.10. The molecule has 1 heterocycles. The van der Waals surface area contributed by atoms with Gasteiger partial charge in [-0.05, 0) is 24.6 Å². The number of benzene rings is 1. The first-order chi connectivity index (χ1) is 7.19.